The molecule has 1 unspecified atom stereocenters. The molecule has 1 heterocycles. The number of hydrogen-bond acceptors (Lipinski definition) is 1. The van der Waals surface area contributed by atoms with E-state index in [0.717, 1.165) is 18.5 Å². The summed E-state index contributed by atoms with van der Waals surface area (Å²) in [6.45, 7) is 2.85. The molecule has 2 rings (SSSR count). The van der Waals surface area contributed by atoms with E-state index in [-0.39, 0.29) is 5.38 Å². The summed E-state index contributed by atoms with van der Waals surface area (Å²) in [7, 11) is 0. The van der Waals surface area contributed by atoms with Gasteiger partial charge in [0.2, 0.25) is 0 Å². The standard InChI is InChI=1S/C13H15ClN2/c1-11(14)13-9-15-16(10-13)8-7-12-5-3-2-4-6-12/h2-6,9-11H,7-8H2,1H3. The van der Waals surface area contributed by atoms with Crippen LogP contribution in [0, 0.1) is 0 Å². The first-order valence-electron chi connectivity index (χ1n) is 5.46. The highest BCUT2D eigenvalue weighted by Crippen LogP contribution is 2.17. The first-order chi connectivity index (χ1) is 7.75. The highest BCUT2D eigenvalue weighted by Gasteiger charge is 2.04. The van der Waals surface area contributed by atoms with Crippen LogP contribution in [0.25, 0.3) is 0 Å². The minimum Gasteiger partial charge on any atom is -0.272 e. The molecule has 16 heavy (non-hydrogen) atoms. The second kappa shape index (κ2) is 5.17. The molecule has 1 atom stereocenters. The van der Waals surface area contributed by atoms with Gasteiger partial charge in [0, 0.05) is 18.3 Å². The summed E-state index contributed by atoms with van der Waals surface area (Å²) in [5.74, 6) is 0. The zero-order valence-corrected chi connectivity index (χ0v) is 10.1. The van der Waals surface area contributed by atoms with E-state index >= 15 is 0 Å². The van der Waals surface area contributed by atoms with Crippen molar-refractivity contribution in [3.63, 3.8) is 0 Å². The highest BCUT2D eigenvalue weighted by molar-refractivity contribution is 6.20. The molecule has 0 bridgehead atoms. The second-order valence-corrected chi connectivity index (χ2v) is 4.54. The van der Waals surface area contributed by atoms with Crippen molar-refractivity contribution in [1.82, 2.24) is 9.78 Å². The lowest BCUT2D eigenvalue weighted by molar-refractivity contribution is 0.614. The number of rotatable bonds is 4. The van der Waals surface area contributed by atoms with Gasteiger partial charge in [-0.2, -0.15) is 5.10 Å². The molecular formula is C13H15ClN2. The van der Waals surface area contributed by atoms with Crippen LogP contribution in [0.3, 0.4) is 0 Å². The maximum atomic E-state index is 5.98. The summed E-state index contributed by atoms with van der Waals surface area (Å²) in [6.07, 6.45) is 4.85. The van der Waals surface area contributed by atoms with E-state index in [1.807, 2.05) is 30.1 Å². The molecule has 0 aliphatic rings. The average Bonchev–Trinajstić information content (AvgIpc) is 2.76. The topological polar surface area (TPSA) is 17.8 Å². The summed E-state index contributed by atoms with van der Waals surface area (Å²) in [5.41, 5.74) is 2.41. The molecule has 0 fully saturated rings. The Balaban J connectivity index is 1.95. The molecule has 0 saturated carbocycles. The molecule has 0 aliphatic heterocycles. The molecule has 1 aromatic heterocycles. The van der Waals surface area contributed by atoms with Crippen LogP contribution >= 0.6 is 11.6 Å². The van der Waals surface area contributed by atoms with Crippen molar-refractivity contribution < 1.29 is 0 Å². The van der Waals surface area contributed by atoms with Crippen molar-refractivity contribution in [2.24, 2.45) is 0 Å². The Morgan fingerprint density at radius 1 is 1.31 bits per heavy atom. The van der Waals surface area contributed by atoms with Crippen LogP contribution < -0.4 is 0 Å². The monoisotopic (exact) mass is 234 g/mol. The Hall–Kier alpha value is -1.28. The van der Waals surface area contributed by atoms with Crippen LogP contribution in [0.2, 0.25) is 0 Å². The number of hydrogen-bond donors (Lipinski definition) is 0. The lowest BCUT2D eigenvalue weighted by atomic mass is 10.1. The van der Waals surface area contributed by atoms with Crippen LogP contribution in [-0.4, -0.2) is 9.78 Å². The molecule has 84 valence electrons. The zero-order chi connectivity index (χ0) is 11.4. The van der Waals surface area contributed by atoms with Crippen LogP contribution in [0.15, 0.2) is 42.7 Å². The molecule has 2 nitrogen and oxygen atoms in total. The Kier molecular flexibility index (Phi) is 3.62. The maximum Gasteiger partial charge on any atom is 0.0588 e. The molecule has 2 aromatic rings. The lowest BCUT2D eigenvalue weighted by Gasteiger charge is -2.01. The first kappa shape index (κ1) is 11.2. The van der Waals surface area contributed by atoms with Crippen LogP contribution in [0.4, 0.5) is 0 Å². The Bertz CT molecular complexity index is 434. The maximum absolute atomic E-state index is 5.98. The molecule has 0 saturated heterocycles. The highest BCUT2D eigenvalue weighted by atomic mass is 35.5. The molecule has 3 heteroatoms. The van der Waals surface area contributed by atoms with Gasteiger partial charge in [-0.05, 0) is 18.9 Å². The van der Waals surface area contributed by atoms with E-state index in [9.17, 15) is 0 Å². The fourth-order valence-corrected chi connectivity index (χ4v) is 1.71. The van der Waals surface area contributed by atoms with Gasteiger partial charge in [0.05, 0.1) is 11.6 Å². The summed E-state index contributed by atoms with van der Waals surface area (Å²) < 4.78 is 1.95. The van der Waals surface area contributed by atoms with E-state index in [2.05, 4.69) is 29.4 Å². The minimum absolute atomic E-state index is 0.0328. The number of nitrogens with zero attached hydrogens (tertiary/aromatic N) is 2. The number of aryl methyl sites for hydroxylation is 2. The van der Waals surface area contributed by atoms with Gasteiger partial charge in [-0.3, -0.25) is 4.68 Å². The van der Waals surface area contributed by atoms with E-state index in [1.54, 1.807) is 0 Å². The van der Waals surface area contributed by atoms with Gasteiger partial charge in [0.15, 0.2) is 0 Å². The van der Waals surface area contributed by atoms with Crippen LogP contribution in [0.5, 0.6) is 0 Å². The number of halogens is 1. The Morgan fingerprint density at radius 2 is 2.06 bits per heavy atom. The summed E-state index contributed by atoms with van der Waals surface area (Å²) >= 11 is 5.98. The van der Waals surface area contributed by atoms with Crippen LogP contribution in [-0.2, 0) is 13.0 Å². The second-order valence-electron chi connectivity index (χ2n) is 3.89. The van der Waals surface area contributed by atoms with Crippen molar-refractivity contribution >= 4 is 11.6 Å². The van der Waals surface area contributed by atoms with Gasteiger partial charge in [-0.15, -0.1) is 11.6 Å². The SMILES string of the molecule is CC(Cl)c1cnn(CCc2ccccc2)c1. The van der Waals surface area contributed by atoms with Gasteiger partial charge in [-0.1, -0.05) is 30.3 Å². The molecule has 1 aromatic carbocycles. The zero-order valence-electron chi connectivity index (χ0n) is 9.31. The third-order valence-electron chi connectivity index (χ3n) is 2.58. The third kappa shape index (κ3) is 2.86. The normalized spacial score (nSPS) is 12.6. The van der Waals surface area contributed by atoms with Gasteiger partial charge in [-0.25, -0.2) is 0 Å². The van der Waals surface area contributed by atoms with E-state index < -0.39 is 0 Å². The summed E-state index contributed by atoms with van der Waals surface area (Å²) in [4.78, 5) is 0. The fourth-order valence-electron chi connectivity index (χ4n) is 1.60. The van der Waals surface area contributed by atoms with E-state index in [4.69, 9.17) is 11.6 Å². The number of aromatic nitrogens is 2. The molecule has 0 N–H and O–H groups in total. The van der Waals surface area contributed by atoms with Gasteiger partial charge in [0.1, 0.15) is 0 Å². The van der Waals surface area contributed by atoms with Crippen molar-refractivity contribution in [2.75, 3.05) is 0 Å². The van der Waals surface area contributed by atoms with E-state index in [1.165, 1.54) is 5.56 Å². The largest absolute Gasteiger partial charge is 0.272 e. The summed E-state index contributed by atoms with van der Waals surface area (Å²) in [5, 5.41) is 4.32. The van der Waals surface area contributed by atoms with Crippen molar-refractivity contribution in [3.05, 3.63) is 53.9 Å². The quantitative estimate of drug-likeness (QED) is 0.742. The van der Waals surface area contributed by atoms with Crippen molar-refractivity contribution in [3.8, 4) is 0 Å². The molecule has 0 aliphatic carbocycles. The molecule has 0 amide bonds. The Morgan fingerprint density at radius 3 is 2.69 bits per heavy atom. The molecular weight excluding hydrogens is 220 g/mol. The van der Waals surface area contributed by atoms with Gasteiger partial charge < -0.3 is 0 Å². The van der Waals surface area contributed by atoms with Crippen LogP contribution in [0.1, 0.15) is 23.4 Å². The fraction of sp³-hybridized carbons (Fsp3) is 0.308. The van der Waals surface area contributed by atoms with E-state index in [0.29, 0.717) is 0 Å². The summed E-state index contributed by atoms with van der Waals surface area (Å²) in [6, 6.07) is 10.4. The van der Waals surface area contributed by atoms with Gasteiger partial charge in [0.25, 0.3) is 0 Å². The van der Waals surface area contributed by atoms with Gasteiger partial charge >= 0.3 is 0 Å². The van der Waals surface area contributed by atoms with Crippen molar-refractivity contribution in [1.29, 1.82) is 0 Å². The predicted molar refractivity (Wildman–Crippen MR) is 66.6 cm³/mol. The van der Waals surface area contributed by atoms with Crippen molar-refractivity contribution in [2.45, 2.75) is 25.3 Å². The molecule has 0 spiro atoms. The average molecular weight is 235 g/mol. The first-order valence-corrected chi connectivity index (χ1v) is 5.89. The minimum atomic E-state index is 0.0328. The smallest absolute Gasteiger partial charge is 0.0588 e. The number of benzene rings is 1. The lowest BCUT2D eigenvalue weighted by Crippen LogP contribution is -2.01. The Labute approximate surface area is 101 Å². The molecule has 0 radical (unpaired) electrons. The third-order valence-corrected chi connectivity index (χ3v) is 2.84. The predicted octanol–water partition coefficient (Wildman–Crippen LogP) is 3.43. The number of alkyl halides is 1.